The lowest BCUT2D eigenvalue weighted by Gasteiger charge is -2.09. The number of aromatic nitrogens is 1. The van der Waals surface area contributed by atoms with Gasteiger partial charge in [-0.1, -0.05) is 76.6 Å². The van der Waals surface area contributed by atoms with Gasteiger partial charge in [0.1, 0.15) is 22.3 Å². The highest BCUT2D eigenvalue weighted by molar-refractivity contribution is 9.10. The van der Waals surface area contributed by atoms with Crippen molar-refractivity contribution in [2.45, 2.75) is 0 Å². The van der Waals surface area contributed by atoms with Crippen LogP contribution in [-0.4, -0.2) is 4.57 Å². The Labute approximate surface area is 237 Å². The molecule has 4 heteroatoms. The zero-order valence-electron chi connectivity index (χ0n) is 21.2. The Hall–Kier alpha value is -4.80. The van der Waals surface area contributed by atoms with Gasteiger partial charge in [0.05, 0.1) is 11.0 Å². The molecule has 0 atom stereocenters. The van der Waals surface area contributed by atoms with Gasteiger partial charge in [-0.25, -0.2) is 0 Å². The highest BCUT2D eigenvalue weighted by atomic mass is 79.9. The summed E-state index contributed by atoms with van der Waals surface area (Å²) >= 11 is 3.71. The van der Waals surface area contributed by atoms with Gasteiger partial charge in [-0.2, -0.15) is 0 Å². The SMILES string of the molecule is Brc1ccc2c(c1)c1cc(-c3cccc4c3oc3ccccc34)ccc1n2-c1ccc2c(c1)oc1ccccc12. The lowest BCUT2D eigenvalue weighted by atomic mass is 10.0. The van der Waals surface area contributed by atoms with Crippen molar-refractivity contribution >= 4 is 81.6 Å². The minimum absolute atomic E-state index is 0.888. The third kappa shape index (κ3) is 3.05. The number of hydrogen-bond donors (Lipinski definition) is 0. The van der Waals surface area contributed by atoms with E-state index in [1.165, 1.54) is 10.8 Å². The number of para-hydroxylation sites is 3. The first-order valence-electron chi connectivity index (χ1n) is 13.3. The average Bonchev–Trinajstić information content (AvgIpc) is 3.65. The maximum Gasteiger partial charge on any atom is 0.143 e. The molecule has 0 aliphatic carbocycles. The van der Waals surface area contributed by atoms with Crippen LogP contribution in [0.2, 0.25) is 0 Å². The van der Waals surface area contributed by atoms with Gasteiger partial charge in [0.15, 0.2) is 0 Å². The Bertz CT molecular complexity index is 2460. The molecule has 3 aromatic heterocycles. The summed E-state index contributed by atoms with van der Waals surface area (Å²) in [6.07, 6.45) is 0. The van der Waals surface area contributed by atoms with E-state index in [0.29, 0.717) is 0 Å². The molecule has 0 N–H and O–H groups in total. The number of rotatable bonds is 2. The van der Waals surface area contributed by atoms with E-state index in [-0.39, 0.29) is 0 Å². The number of hydrogen-bond acceptors (Lipinski definition) is 2. The van der Waals surface area contributed by atoms with E-state index in [4.69, 9.17) is 8.83 Å². The van der Waals surface area contributed by atoms with Gasteiger partial charge in [0, 0.05) is 54.1 Å². The number of nitrogens with zero attached hydrogens (tertiary/aromatic N) is 1. The predicted octanol–water partition coefficient (Wildman–Crippen LogP) is 11.0. The molecule has 0 fully saturated rings. The quantitative estimate of drug-likeness (QED) is 0.204. The number of furan rings is 2. The molecule has 9 aromatic rings. The van der Waals surface area contributed by atoms with Gasteiger partial charge < -0.3 is 13.4 Å². The van der Waals surface area contributed by atoms with E-state index in [1.54, 1.807) is 0 Å². The van der Waals surface area contributed by atoms with Gasteiger partial charge in [-0.05, 0) is 60.2 Å². The van der Waals surface area contributed by atoms with Crippen molar-refractivity contribution in [3.63, 3.8) is 0 Å². The van der Waals surface area contributed by atoms with Crippen LogP contribution in [0, 0.1) is 0 Å². The first kappa shape index (κ1) is 22.1. The monoisotopic (exact) mass is 577 g/mol. The summed E-state index contributed by atoms with van der Waals surface area (Å²) in [6, 6.07) is 42.6. The number of fused-ring (bicyclic) bond motifs is 9. The van der Waals surface area contributed by atoms with E-state index in [2.05, 4.69) is 118 Å². The molecular formula is C36H20BrNO2. The second kappa shape index (κ2) is 8.10. The fraction of sp³-hybridized carbons (Fsp3) is 0. The second-order valence-corrected chi connectivity index (χ2v) is 11.2. The molecule has 0 aliphatic heterocycles. The summed E-state index contributed by atoms with van der Waals surface area (Å²) in [6.45, 7) is 0. The molecule has 3 heterocycles. The molecule has 0 amide bonds. The topological polar surface area (TPSA) is 31.2 Å². The lowest BCUT2D eigenvalue weighted by Crippen LogP contribution is -1.93. The molecular weight excluding hydrogens is 558 g/mol. The van der Waals surface area contributed by atoms with Crippen LogP contribution in [-0.2, 0) is 0 Å². The zero-order chi connectivity index (χ0) is 26.4. The Morgan fingerprint density at radius 1 is 0.475 bits per heavy atom. The smallest absolute Gasteiger partial charge is 0.143 e. The summed E-state index contributed by atoms with van der Waals surface area (Å²) in [5, 5.41) is 6.92. The third-order valence-corrected chi connectivity index (χ3v) is 8.56. The standard InChI is InChI=1S/C36H20BrNO2/c37-22-13-17-32-30(19-22)29-18-21(24-8-5-9-28-26-7-2-4-11-34(26)40-36(24)28)12-16-31(29)38(32)23-14-15-27-25-6-1-3-10-33(25)39-35(27)20-23/h1-20H. The van der Waals surface area contributed by atoms with Gasteiger partial charge in [-0.3, -0.25) is 0 Å². The molecule has 0 aliphatic rings. The van der Waals surface area contributed by atoms with E-state index in [1.807, 2.05) is 24.3 Å². The van der Waals surface area contributed by atoms with Crippen molar-refractivity contribution in [2.24, 2.45) is 0 Å². The van der Waals surface area contributed by atoms with Crippen molar-refractivity contribution < 1.29 is 8.83 Å². The molecule has 0 saturated carbocycles. The van der Waals surface area contributed by atoms with Crippen LogP contribution >= 0.6 is 15.9 Å². The van der Waals surface area contributed by atoms with Crippen molar-refractivity contribution in [1.82, 2.24) is 4.57 Å². The van der Waals surface area contributed by atoms with Gasteiger partial charge >= 0.3 is 0 Å². The number of halogens is 1. The van der Waals surface area contributed by atoms with Crippen molar-refractivity contribution in [1.29, 1.82) is 0 Å². The predicted molar refractivity (Wildman–Crippen MR) is 168 cm³/mol. The fourth-order valence-corrected chi connectivity index (χ4v) is 6.63. The van der Waals surface area contributed by atoms with Crippen LogP contribution in [0.4, 0.5) is 0 Å². The van der Waals surface area contributed by atoms with Crippen molar-refractivity contribution in [3.8, 4) is 16.8 Å². The molecule has 0 radical (unpaired) electrons. The Kier molecular flexibility index (Phi) is 4.47. The average molecular weight is 578 g/mol. The third-order valence-electron chi connectivity index (χ3n) is 8.06. The first-order chi connectivity index (χ1) is 19.7. The molecule has 188 valence electrons. The summed E-state index contributed by atoms with van der Waals surface area (Å²) in [7, 11) is 0. The second-order valence-electron chi connectivity index (χ2n) is 10.3. The number of benzene rings is 6. The molecule has 0 saturated heterocycles. The molecule has 0 spiro atoms. The summed E-state index contributed by atoms with van der Waals surface area (Å²) in [4.78, 5) is 0. The van der Waals surface area contributed by atoms with E-state index >= 15 is 0 Å². The van der Waals surface area contributed by atoms with Gasteiger partial charge in [-0.15, -0.1) is 0 Å². The van der Waals surface area contributed by atoms with E-state index in [0.717, 1.165) is 76.2 Å². The lowest BCUT2D eigenvalue weighted by molar-refractivity contribution is 0.668. The van der Waals surface area contributed by atoms with Crippen LogP contribution in [0.1, 0.15) is 0 Å². The summed E-state index contributed by atoms with van der Waals surface area (Å²) in [5.74, 6) is 0. The van der Waals surface area contributed by atoms with Crippen LogP contribution in [0.3, 0.4) is 0 Å². The van der Waals surface area contributed by atoms with Crippen LogP contribution in [0.5, 0.6) is 0 Å². The minimum Gasteiger partial charge on any atom is -0.456 e. The van der Waals surface area contributed by atoms with Crippen LogP contribution in [0.25, 0.3) is 82.5 Å². The molecule has 3 nitrogen and oxygen atoms in total. The molecule has 6 aromatic carbocycles. The first-order valence-corrected chi connectivity index (χ1v) is 14.1. The summed E-state index contributed by atoms with van der Waals surface area (Å²) in [5.41, 5.74) is 9.21. The van der Waals surface area contributed by atoms with Crippen LogP contribution in [0.15, 0.2) is 135 Å². The highest BCUT2D eigenvalue weighted by Crippen LogP contribution is 2.40. The molecule has 0 unspecified atom stereocenters. The highest BCUT2D eigenvalue weighted by Gasteiger charge is 2.17. The fourth-order valence-electron chi connectivity index (χ4n) is 6.27. The minimum atomic E-state index is 0.888. The molecule has 0 bridgehead atoms. The zero-order valence-corrected chi connectivity index (χ0v) is 22.8. The largest absolute Gasteiger partial charge is 0.456 e. The molecule has 40 heavy (non-hydrogen) atoms. The Morgan fingerprint density at radius 2 is 1.15 bits per heavy atom. The van der Waals surface area contributed by atoms with Gasteiger partial charge in [0.2, 0.25) is 0 Å². The van der Waals surface area contributed by atoms with E-state index < -0.39 is 0 Å². The van der Waals surface area contributed by atoms with Crippen LogP contribution < -0.4 is 0 Å². The maximum absolute atomic E-state index is 6.37. The normalized spacial score (nSPS) is 12.1. The van der Waals surface area contributed by atoms with Crippen molar-refractivity contribution in [3.05, 3.63) is 126 Å². The summed E-state index contributed by atoms with van der Waals surface area (Å²) < 4.78 is 16.0. The molecule has 9 rings (SSSR count). The van der Waals surface area contributed by atoms with Gasteiger partial charge in [0.25, 0.3) is 0 Å². The maximum atomic E-state index is 6.37. The van der Waals surface area contributed by atoms with E-state index in [9.17, 15) is 0 Å². The van der Waals surface area contributed by atoms with Crippen molar-refractivity contribution in [2.75, 3.05) is 0 Å². The Morgan fingerprint density at radius 3 is 2.00 bits per heavy atom. The Balaban J connectivity index is 1.31.